The minimum atomic E-state index is 0.835. The molecule has 2 aliphatic carbocycles. The van der Waals surface area contributed by atoms with Crippen LogP contribution in [0.2, 0.25) is 0 Å². The van der Waals surface area contributed by atoms with Gasteiger partial charge >= 0.3 is 0 Å². The van der Waals surface area contributed by atoms with Crippen LogP contribution in [-0.4, -0.2) is 0 Å². The fraction of sp³-hybridized carbons (Fsp3) is 0.895. The van der Waals surface area contributed by atoms with Gasteiger partial charge in [-0.25, -0.2) is 0 Å². The van der Waals surface area contributed by atoms with E-state index in [1.165, 1.54) is 64.2 Å². The third-order valence-electron chi connectivity index (χ3n) is 5.92. The zero-order chi connectivity index (χ0) is 13.5. The first-order valence-corrected chi connectivity index (χ1v) is 8.96. The second-order valence-corrected chi connectivity index (χ2v) is 7.19. The van der Waals surface area contributed by atoms with E-state index in [0.717, 1.165) is 23.7 Å². The van der Waals surface area contributed by atoms with Gasteiger partial charge in [0.1, 0.15) is 0 Å². The van der Waals surface area contributed by atoms with E-state index in [9.17, 15) is 0 Å². The molecule has 2 rings (SSSR count). The first kappa shape index (κ1) is 15.1. The molecule has 0 aromatic rings. The second kappa shape index (κ2) is 8.12. The summed E-state index contributed by atoms with van der Waals surface area (Å²) in [5, 5.41) is 0. The van der Waals surface area contributed by atoms with Crippen LogP contribution in [0.15, 0.2) is 12.7 Å². The predicted octanol–water partition coefficient (Wildman–Crippen LogP) is 6.37. The van der Waals surface area contributed by atoms with Crippen molar-refractivity contribution in [2.24, 2.45) is 23.7 Å². The van der Waals surface area contributed by atoms with Crippen LogP contribution >= 0.6 is 0 Å². The van der Waals surface area contributed by atoms with Gasteiger partial charge in [0.05, 0.1) is 0 Å². The van der Waals surface area contributed by atoms with Crippen molar-refractivity contribution in [1.82, 2.24) is 0 Å². The molecule has 0 aliphatic heterocycles. The van der Waals surface area contributed by atoms with Crippen molar-refractivity contribution >= 4 is 0 Å². The van der Waals surface area contributed by atoms with E-state index < -0.39 is 0 Å². The van der Waals surface area contributed by atoms with Gasteiger partial charge in [0.25, 0.3) is 0 Å². The first-order valence-electron chi connectivity index (χ1n) is 8.96. The van der Waals surface area contributed by atoms with E-state index in [4.69, 9.17) is 0 Å². The summed E-state index contributed by atoms with van der Waals surface area (Å²) in [6.07, 6.45) is 20.0. The second-order valence-electron chi connectivity index (χ2n) is 7.19. The van der Waals surface area contributed by atoms with Crippen LogP contribution in [0.1, 0.15) is 84.0 Å². The zero-order valence-corrected chi connectivity index (χ0v) is 13.1. The molecule has 0 radical (unpaired) electrons. The molecule has 0 nitrogen and oxygen atoms in total. The van der Waals surface area contributed by atoms with Gasteiger partial charge in [-0.05, 0) is 62.2 Å². The van der Waals surface area contributed by atoms with Crippen molar-refractivity contribution < 1.29 is 0 Å². The Morgan fingerprint density at radius 2 is 1.42 bits per heavy atom. The topological polar surface area (TPSA) is 0 Å². The van der Waals surface area contributed by atoms with Crippen molar-refractivity contribution in [2.45, 2.75) is 84.0 Å². The molecule has 0 unspecified atom stereocenters. The average Bonchev–Trinajstić information content (AvgIpc) is 2.48. The van der Waals surface area contributed by atoms with Crippen molar-refractivity contribution in [3.05, 3.63) is 12.7 Å². The summed E-state index contributed by atoms with van der Waals surface area (Å²) in [6, 6.07) is 0. The minimum Gasteiger partial charge on any atom is -0.103 e. The highest BCUT2D eigenvalue weighted by Crippen LogP contribution is 2.42. The molecule has 110 valence electrons. The fourth-order valence-corrected chi connectivity index (χ4v) is 4.48. The Morgan fingerprint density at radius 1 is 0.842 bits per heavy atom. The largest absolute Gasteiger partial charge is 0.103 e. The lowest BCUT2D eigenvalue weighted by atomic mass is 9.68. The van der Waals surface area contributed by atoms with Crippen LogP contribution in [0, 0.1) is 23.7 Å². The summed E-state index contributed by atoms with van der Waals surface area (Å²) in [5.74, 6) is 4.05. The minimum absolute atomic E-state index is 0.835. The Hall–Kier alpha value is -0.260. The Morgan fingerprint density at radius 3 is 1.95 bits per heavy atom. The number of allylic oxidation sites excluding steroid dienone is 1. The van der Waals surface area contributed by atoms with Gasteiger partial charge in [-0.15, -0.1) is 6.58 Å². The normalized spacial score (nSPS) is 36.1. The molecule has 0 spiro atoms. The predicted molar refractivity (Wildman–Crippen MR) is 85.2 cm³/mol. The highest BCUT2D eigenvalue weighted by Gasteiger charge is 2.29. The van der Waals surface area contributed by atoms with Crippen LogP contribution < -0.4 is 0 Å². The van der Waals surface area contributed by atoms with Crippen molar-refractivity contribution in [3.63, 3.8) is 0 Å². The van der Waals surface area contributed by atoms with Crippen LogP contribution in [0.25, 0.3) is 0 Å². The summed E-state index contributed by atoms with van der Waals surface area (Å²) in [6.45, 7) is 6.28. The number of hydrogen-bond donors (Lipinski definition) is 0. The molecule has 0 atom stereocenters. The summed E-state index contributed by atoms with van der Waals surface area (Å²) < 4.78 is 0. The first-order chi connectivity index (χ1) is 9.33. The van der Waals surface area contributed by atoms with E-state index in [-0.39, 0.29) is 0 Å². The molecule has 0 aromatic heterocycles. The summed E-state index contributed by atoms with van der Waals surface area (Å²) in [5.41, 5.74) is 0. The fourth-order valence-electron chi connectivity index (χ4n) is 4.48. The molecule has 0 aromatic carbocycles. The maximum atomic E-state index is 3.97. The van der Waals surface area contributed by atoms with Crippen LogP contribution in [-0.2, 0) is 0 Å². The third-order valence-corrected chi connectivity index (χ3v) is 5.92. The standard InChI is InChI=1S/C19H34/c1-3-5-6-7-17-10-14-19(15-11-17)18-12-8-16(4-2)9-13-18/h4,16-19H,2-3,5-15H2,1H3/t16?,17-,18?,19-. The summed E-state index contributed by atoms with van der Waals surface area (Å²) >= 11 is 0. The maximum absolute atomic E-state index is 3.97. The van der Waals surface area contributed by atoms with Gasteiger partial charge in [0.2, 0.25) is 0 Å². The molecular weight excluding hydrogens is 228 g/mol. The van der Waals surface area contributed by atoms with Gasteiger partial charge in [-0.3, -0.25) is 0 Å². The SMILES string of the molecule is C=CC1CCC([C@H]2CC[C@H](CCCCC)CC2)CC1. The quantitative estimate of drug-likeness (QED) is 0.385. The molecule has 19 heavy (non-hydrogen) atoms. The van der Waals surface area contributed by atoms with E-state index in [1.54, 1.807) is 12.8 Å². The van der Waals surface area contributed by atoms with Crippen molar-refractivity contribution in [1.29, 1.82) is 0 Å². The molecule has 0 heteroatoms. The molecule has 0 saturated heterocycles. The maximum Gasteiger partial charge on any atom is -0.0236 e. The molecule has 0 bridgehead atoms. The van der Waals surface area contributed by atoms with Crippen molar-refractivity contribution in [2.75, 3.05) is 0 Å². The molecule has 0 amide bonds. The molecular formula is C19H34. The van der Waals surface area contributed by atoms with Gasteiger partial charge in [-0.1, -0.05) is 51.5 Å². The molecule has 2 saturated carbocycles. The Bertz CT molecular complexity index is 239. The third kappa shape index (κ3) is 4.65. The van der Waals surface area contributed by atoms with E-state index in [1.807, 2.05) is 0 Å². The van der Waals surface area contributed by atoms with Crippen LogP contribution in [0.4, 0.5) is 0 Å². The summed E-state index contributed by atoms with van der Waals surface area (Å²) in [4.78, 5) is 0. The lowest BCUT2D eigenvalue weighted by Gasteiger charge is -2.37. The van der Waals surface area contributed by atoms with Gasteiger partial charge < -0.3 is 0 Å². The summed E-state index contributed by atoms with van der Waals surface area (Å²) in [7, 11) is 0. The number of rotatable bonds is 6. The van der Waals surface area contributed by atoms with Gasteiger partial charge in [0.15, 0.2) is 0 Å². The highest BCUT2D eigenvalue weighted by molar-refractivity contribution is 4.87. The van der Waals surface area contributed by atoms with E-state index >= 15 is 0 Å². The average molecular weight is 262 g/mol. The molecule has 2 aliphatic rings. The van der Waals surface area contributed by atoms with Crippen LogP contribution in [0.3, 0.4) is 0 Å². The van der Waals surface area contributed by atoms with E-state index in [0.29, 0.717) is 0 Å². The molecule has 0 heterocycles. The lowest BCUT2D eigenvalue weighted by molar-refractivity contribution is 0.151. The number of unbranched alkanes of at least 4 members (excludes halogenated alkanes) is 2. The monoisotopic (exact) mass is 262 g/mol. The van der Waals surface area contributed by atoms with Crippen LogP contribution in [0.5, 0.6) is 0 Å². The zero-order valence-electron chi connectivity index (χ0n) is 13.1. The van der Waals surface area contributed by atoms with Crippen molar-refractivity contribution in [3.8, 4) is 0 Å². The molecule has 0 N–H and O–H groups in total. The Labute approximate surface area is 121 Å². The van der Waals surface area contributed by atoms with E-state index in [2.05, 4.69) is 19.6 Å². The number of hydrogen-bond acceptors (Lipinski definition) is 0. The Balaban J connectivity index is 1.64. The Kier molecular flexibility index (Phi) is 6.47. The molecule has 2 fully saturated rings. The highest BCUT2D eigenvalue weighted by atomic mass is 14.3. The van der Waals surface area contributed by atoms with Gasteiger partial charge in [0, 0.05) is 0 Å². The smallest absolute Gasteiger partial charge is 0.0236 e. The van der Waals surface area contributed by atoms with Gasteiger partial charge in [-0.2, -0.15) is 0 Å². The lowest BCUT2D eigenvalue weighted by Crippen LogP contribution is -2.25.